The van der Waals surface area contributed by atoms with Gasteiger partial charge in [0.1, 0.15) is 17.7 Å². The first-order chi connectivity index (χ1) is 22.3. The number of fused-ring (bicyclic) bond motifs is 2. The van der Waals surface area contributed by atoms with Crippen molar-refractivity contribution in [1.29, 1.82) is 10.5 Å². The number of benzene rings is 2. The average molecular weight is 650 g/mol. The number of aromatic amines is 1. The monoisotopic (exact) mass is 649 g/mol. The number of aromatic nitrogens is 2. The summed E-state index contributed by atoms with van der Waals surface area (Å²) in [7, 11) is 0. The lowest BCUT2D eigenvalue weighted by Crippen LogP contribution is -2.48. The Labute approximate surface area is 264 Å². The molecular weight excluding hydrogens is 621 g/mol. The van der Waals surface area contributed by atoms with E-state index >= 15 is 0 Å². The molecule has 2 aliphatic rings. The predicted molar refractivity (Wildman–Crippen MR) is 165 cm³/mol. The number of pyridine rings is 2. The van der Waals surface area contributed by atoms with Gasteiger partial charge in [-0.05, 0) is 61.9 Å². The maximum atomic E-state index is 14.0. The molecule has 6 rings (SSSR count). The smallest absolute Gasteiger partial charge is 0.382 e. The second-order valence-corrected chi connectivity index (χ2v) is 12.2. The Balaban J connectivity index is 1.49. The summed E-state index contributed by atoms with van der Waals surface area (Å²) in [6.07, 6.45) is -2.41. The fourth-order valence-corrected chi connectivity index (χ4v) is 5.55. The van der Waals surface area contributed by atoms with Crippen molar-refractivity contribution in [3.63, 3.8) is 0 Å². The summed E-state index contributed by atoms with van der Waals surface area (Å²) in [5.41, 5.74) is 3.50. The molecule has 1 aliphatic carbocycles. The number of alkyl halides is 5. The van der Waals surface area contributed by atoms with E-state index in [9.17, 15) is 37.3 Å². The van der Waals surface area contributed by atoms with E-state index in [0.717, 1.165) is 13.8 Å². The summed E-state index contributed by atoms with van der Waals surface area (Å²) in [5.74, 6) is 0. The van der Waals surface area contributed by atoms with E-state index in [1.54, 1.807) is 30.3 Å². The normalized spacial score (nSPS) is 16.4. The van der Waals surface area contributed by atoms with E-state index in [1.165, 1.54) is 29.7 Å². The molecule has 0 radical (unpaired) electrons. The van der Waals surface area contributed by atoms with Gasteiger partial charge in [-0.2, -0.15) is 23.7 Å². The van der Waals surface area contributed by atoms with Gasteiger partial charge in [0.15, 0.2) is 0 Å². The third-order valence-corrected chi connectivity index (χ3v) is 8.71. The minimum absolute atomic E-state index is 0.0249. The molecule has 0 saturated heterocycles. The van der Waals surface area contributed by atoms with Crippen molar-refractivity contribution in [2.24, 2.45) is 5.41 Å². The Morgan fingerprint density at radius 3 is 2.47 bits per heavy atom. The molecule has 4 aromatic rings. The first-order valence-corrected chi connectivity index (χ1v) is 14.5. The van der Waals surface area contributed by atoms with E-state index in [1.807, 2.05) is 6.07 Å². The summed E-state index contributed by atoms with van der Waals surface area (Å²) in [5, 5.41) is 28.5. The molecule has 1 atom stereocenters. The lowest BCUT2D eigenvalue weighted by molar-refractivity contribution is -0.206. The maximum Gasteiger partial charge on any atom is 0.395 e. The molecule has 1 saturated carbocycles. The van der Waals surface area contributed by atoms with Crippen LogP contribution in [-0.4, -0.2) is 39.7 Å². The lowest BCUT2D eigenvalue weighted by Gasteiger charge is -2.29. The number of nitriles is 2. The highest BCUT2D eigenvalue weighted by Crippen LogP contribution is 2.47. The molecule has 5 N–H and O–H groups in total. The Hall–Kier alpha value is -5.41. The van der Waals surface area contributed by atoms with Crippen LogP contribution in [0, 0.1) is 28.1 Å². The summed E-state index contributed by atoms with van der Waals surface area (Å²) >= 11 is 0. The maximum absolute atomic E-state index is 14.0. The number of nitrogens with one attached hydrogen (secondary N) is 5. The highest BCUT2D eigenvalue weighted by atomic mass is 19.4. The van der Waals surface area contributed by atoms with Gasteiger partial charge in [0.05, 0.1) is 39.5 Å². The van der Waals surface area contributed by atoms with Crippen LogP contribution in [0.4, 0.5) is 33.3 Å². The van der Waals surface area contributed by atoms with Gasteiger partial charge in [0, 0.05) is 41.6 Å². The molecule has 2 aromatic carbocycles. The lowest BCUT2D eigenvalue weighted by atomic mass is 9.92. The molecule has 3 heterocycles. The fraction of sp³-hybridized carbons (Fsp3) is 0.312. The average Bonchev–Trinajstić information content (AvgIpc) is 3.71. The Morgan fingerprint density at radius 2 is 1.81 bits per heavy atom. The topological polar surface area (TPSA) is 145 Å². The van der Waals surface area contributed by atoms with E-state index in [4.69, 9.17) is 0 Å². The van der Waals surface area contributed by atoms with E-state index < -0.39 is 36.1 Å². The molecule has 1 aliphatic heterocycles. The van der Waals surface area contributed by atoms with Crippen molar-refractivity contribution in [3.8, 4) is 12.1 Å². The van der Waals surface area contributed by atoms with Gasteiger partial charge in [-0.3, -0.25) is 14.8 Å². The van der Waals surface area contributed by atoms with Crippen LogP contribution in [0.5, 0.6) is 0 Å². The third kappa shape index (κ3) is 5.53. The highest BCUT2D eigenvalue weighted by Gasteiger charge is 2.56. The van der Waals surface area contributed by atoms with Crippen molar-refractivity contribution in [2.75, 3.05) is 17.2 Å². The largest absolute Gasteiger partial charge is 0.395 e. The van der Waals surface area contributed by atoms with Crippen LogP contribution in [0.15, 0.2) is 65.5 Å². The molecule has 15 heteroatoms. The number of anilines is 2. The number of nitrogens with zero attached hydrogens (tertiary/aromatic N) is 4. The predicted octanol–water partition coefficient (Wildman–Crippen LogP) is 5.94. The number of H-pyrrole nitrogens is 1. The van der Waals surface area contributed by atoms with Gasteiger partial charge in [-0.25, -0.2) is 8.78 Å². The SMILES string of the molecule is CC(C)(CNc1c(C#N)cnc2c(C#N)cc(N[C@H](C3=CN(C4(C(F)F)CC4)NN3)c3cccc4c(=O)[nH]ccc34)cc12)C(F)(F)F. The van der Waals surface area contributed by atoms with Gasteiger partial charge >= 0.3 is 6.18 Å². The minimum atomic E-state index is -4.54. The number of halogens is 5. The van der Waals surface area contributed by atoms with Crippen LogP contribution < -0.4 is 27.2 Å². The fourth-order valence-electron chi connectivity index (χ4n) is 5.55. The van der Waals surface area contributed by atoms with Gasteiger partial charge < -0.3 is 21.0 Å². The van der Waals surface area contributed by atoms with Crippen molar-refractivity contribution < 1.29 is 22.0 Å². The molecule has 2 aromatic heterocycles. The van der Waals surface area contributed by atoms with Crippen LogP contribution in [0.25, 0.3) is 21.7 Å². The van der Waals surface area contributed by atoms with E-state index in [-0.39, 0.29) is 46.1 Å². The second kappa shape index (κ2) is 11.4. The van der Waals surface area contributed by atoms with Gasteiger partial charge in [0.25, 0.3) is 12.0 Å². The van der Waals surface area contributed by atoms with Crippen molar-refractivity contribution in [1.82, 2.24) is 25.9 Å². The zero-order valence-electron chi connectivity index (χ0n) is 25.1. The van der Waals surface area contributed by atoms with Crippen molar-refractivity contribution >= 4 is 33.1 Å². The molecule has 0 amide bonds. The third-order valence-electron chi connectivity index (χ3n) is 8.71. The number of hydrogen-bond donors (Lipinski definition) is 5. The van der Waals surface area contributed by atoms with E-state index in [2.05, 4.69) is 37.6 Å². The van der Waals surface area contributed by atoms with Crippen LogP contribution in [0.2, 0.25) is 0 Å². The molecule has 10 nitrogen and oxygen atoms in total. The quantitative estimate of drug-likeness (QED) is 0.139. The molecule has 0 spiro atoms. The summed E-state index contributed by atoms with van der Waals surface area (Å²) in [6, 6.07) is 13.0. The molecule has 47 heavy (non-hydrogen) atoms. The van der Waals surface area contributed by atoms with Crippen LogP contribution in [-0.2, 0) is 0 Å². The number of rotatable bonds is 9. The first kappa shape index (κ1) is 31.6. The molecule has 0 bridgehead atoms. The van der Waals surface area contributed by atoms with Crippen molar-refractivity contribution in [3.05, 3.63) is 87.7 Å². The van der Waals surface area contributed by atoms with Crippen LogP contribution in [0.1, 0.15) is 49.4 Å². The van der Waals surface area contributed by atoms with Gasteiger partial charge in [0.2, 0.25) is 0 Å². The summed E-state index contributed by atoms with van der Waals surface area (Å²) in [6.45, 7) is 1.49. The van der Waals surface area contributed by atoms with Crippen molar-refractivity contribution in [2.45, 2.75) is 50.9 Å². The molecular formula is C32H28F5N9O. The Morgan fingerprint density at radius 1 is 1.06 bits per heavy atom. The highest BCUT2D eigenvalue weighted by molar-refractivity contribution is 5.99. The zero-order chi connectivity index (χ0) is 33.7. The molecule has 0 unspecified atom stereocenters. The molecule has 1 fully saturated rings. The minimum Gasteiger partial charge on any atom is -0.382 e. The summed E-state index contributed by atoms with van der Waals surface area (Å²) in [4.78, 5) is 19.6. The van der Waals surface area contributed by atoms with Crippen LogP contribution >= 0.6 is 0 Å². The standard InChI is InChI=1S/C32H28F5N9O/c1-30(2,32(35,36)37)16-42-26-18(13-39)14-41-25-17(12-38)10-19(11-23(25)26)43-27(21-4-3-5-22-20(21)6-9-40-28(22)47)24-15-46(45-44-24)31(7-8-31)29(33)34/h3-6,9-11,14-15,27,29,43-45H,7-8,16H2,1-2H3,(H,40,47)(H,41,42)/t27-/m0/s1. The molecule has 242 valence electrons. The zero-order valence-corrected chi connectivity index (χ0v) is 25.1. The van der Waals surface area contributed by atoms with Crippen LogP contribution in [0.3, 0.4) is 0 Å². The van der Waals surface area contributed by atoms with Gasteiger partial charge in [-0.15, -0.1) is 5.53 Å². The first-order valence-electron chi connectivity index (χ1n) is 14.5. The summed E-state index contributed by atoms with van der Waals surface area (Å²) < 4.78 is 69.1. The Kier molecular flexibility index (Phi) is 7.68. The van der Waals surface area contributed by atoms with Gasteiger partial charge in [-0.1, -0.05) is 12.1 Å². The van der Waals surface area contributed by atoms with E-state index in [0.29, 0.717) is 27.7 Å². The number of hydrogen-bond acceptors (Lipinski definition) is 9. The number of hydrazine groups is 2. The second-order valence-electron chi connectivity index (χ2n) is 12.2. The Bertz CT molecular complexity index is 2060.